The van der Waals surface area contributed by atoms with Gasteiger partial charge in [0.1, 0.15) is 0 Å². The molecule has 0 N–H and O–H groups in total. The van der Waals surface area contributed by atoms with E-state index in [1.54, 1.807) is 12.3 Å². The summed E-state index contributed by atoms with van der Waals surface area (Å²) < 4.78 is 12.8. The Morgan fingerprint density at radius 3 is 2.20 bits per heavy atom. The van der Waals surface area contributed by atoms with Crippen LogP contribution in [0.15, 0.2) is 42.6 Å². The summed E-state index contributed by atoms with van der Waals surface area (Å²) in [6.45, 7) is 2.24. The molecule has 0 aliphatic rings. The number of aromatic nitrogens is 1. The molecule has 0 fully saturated rings. The molecule has 1 heterocycles. The second kappa shape index (κ2) is 7.78. The smallest absolute Gasteiger partial charge is 0.212 e. The Balaban J connectivity index is 1.88. The van der Waals surface area contributed by atoms with Gasteiger partial charge >= 0.3 is 0 Å². The van der Waals surface area contributed by atoms with Crippen molar-refractivity contribution in [2.24, 2.45) is 0 Å². The number of pyridine rings is 1. The Morgan fingerprint density at radius 2 is 1.55 bits per heavy atom. The van der Waals surface area contributed by atoms with Gasteiger partial charge in [0, 0.05) is 11.8 Å². The molecule has 2 aromatic rings. The first kappa shape index (κ1) is 14.7. The number of benzene rings is 1. The molecule has 0 unspecified atom stereocenters. The molecule has 1 nitrogen and oxygen atoms in total. The highest BCUT2D eigenvalue weighted by Gasteiger charge is 2.00. The van der Waals surface area contributed by atoms with Crippen molar-refractivity contribution < 1.29 is 4.39 Å². The number of rotatable bonds is 7. The van der Waals surface area contributed by atoms with E-state index in [0.717, 1.165) is 17.5 Å². The van der Waals surface area contributed by atoms with Gasteiger partial charge in [-0.05, 0) is 36.1 Å². The van der Waals surface area contributed by atoms with Crippen LogP contribution in [0.25, 0.3) is 11.1 Å². The molecule has 2 heteroatoms. The van der Waals surface area contributed by atoms with E-state index in [1.165, 1.54) is 43.7 Å². The lowest BCUT2D eigenvalue weighted by Crippen LogP contribution is -1.87. The molecule has 0 bridgehead atoms. The maximum Gasteiger partial charge on any atom is 0.212 e. The summed E-state index contributed by atoms with van der Waals surface area (Å²) in [6, 6.07) is 11.7. The third kappa shape index (κ3) is 4.44. The van der Waals surface area contributed by atoms with Gasteiger partial charge in [-0.2, -0.15) is 4.39 Å². The maximum atomic E-state index is 12.8. The first-order chi connectivity index (χ1) is 9.79. The maximum absolute atomic E-state index is 12.8. The fourth-order valence-corrected chi connectivity index (χ4v) is 2.34. The van der Waals surface area contributed by atoms with Gasteiger partial charge < -0.3 is 0 Å². The van der Waals surface area contributed by atoms with E-state index in [1.807, 2.05) is 0 Å². The molecule has 0 atom stereocenters. The highest BCUT2D eigenvalue weighted by atomic mass is 19.1. The molecule has 20 heavy (non-hydrogen) atoms. The number of nitrogens with zero attached hydrogens (tertiary/aromatic N) is 1. The number of halogens is 1. The molecule has 2 rings (SSSR count). The van der Waals surface area contributed by atoms with Crippen LogP contribution in [0.2, 0.25) is 0 Å². The average Bonchev–Trinajstić information content (AvgIpc) is 2.49. The Bertz CT molecular complexity index is 502. The normalized spacial score (nSPS) is 10.7. The van der Waals surface area contributed by atoms with E-state index >= 15 is 0 Å². The van der Waals surface area contributed by atoms with Crippen LogP contribution in [0.4, 0.5) is 4.39 Å². The van der Waals surface area contributed by atoms with E-state index in [-0.39, 0.29) is 0 Å². The number of aryl methyl sites for hydroxylation is 1. The minimum absolute atomic E-state index is 0.433. The Hall–Kier alpha value is -1.70. The topological polar surface area (TPSA) is 12.9 Å². The van der Waals surface area contributed by atoms with E-state index in [2.05, 4.69) is 36.2 Å². The largest absolute Gasteiger partial charge is 0.228 e. The molecule has 1 aromatic carbocycles. The van der Waals surface area contributed by atoms with Gasteiger partial charge in [0.2, 0.25) is 5.95 Å². The van der Waals surface area contributed by atoms with Crippen LogP contribution < -0.4 is 0 Å². The molecule has 0 amide bonds. The SMILES string of the molecule is CCCCCCCc1ccc(-c2ccc(F)nc2)cc1. The fraction of sp³-hybridized carbons (Fsp3) is 0.389. The third-order valence-corrected chi connectivity index (χ3v) is 3.58. The van der Waals surface area contributed by atoms with Gasteiger partial charge in [0.25, 0.3) is 0 Å². The van der Waals surface area contributed by atoms with Crippen LogP contribution in [0.3, 0.4) is 0 Å². The lowest BCUT2D eigenvalue weighted by atomic mass is 10.0. The summed E-state index contributed by atoms with van der Waals surface area (Å²) in [5, 5.41) is 0. The predicted molar refractivity (Wildman–Crippen MR) is 82.1 cm³/mol. The van der Waals surface area contributed by atoms with Crippen molar-refractivity contribution in [3.8, 4) is 11.1 Å². The molecule has 1 aromatic heterocycles. The van der Waals surface area contributed by atoms with Gasteiger partial charge in [-0.3, -0.25) is 0 Å². The van der Waals surface area contributed by atoms with Crippen LogP contribution in [-0.4, -0.2) is 4.98 Å². The zero-order chi connectivity index (χ0) is 14.2. The van der Waals surface area contributed by atoms with Crippen LogP contribution in [0.1, 0.15) is 44.6 Å². The van der Waals surface area contributed by atoms with Crippen LogP contribution >= 0.6 is 0 Å². The summed E-state index contributed by atoms with van der Waals surface area (Å²) in [5.74, 6) is -0.433. The molecule has 0 spiro atoms. The zero-order valence-electron chi connectivity index (χ0n) is 12.1. The lowest BCUT2D eigenvalue weighted by Gasteiger charge is -2.04. The van der Waals surface area contributed by atoms with Crippen molar-refractivity contribution in [1.29, 1.82) is 0 Å². The number of hydrogen-bond donors (Lipinski definition) is 0. The number of hydrogen-bond acceptors (Lipinski definition) is 1. The monoisotopic (exact) mass is 271 g/mol. The van der Waals surface area contributed by atoms with Crippen molar-refractivity contribution in [3.63, 3.8) is 0 Å². The van der Waals surface area contributed by atoms with Gasteiger partial charge in [0.05, 0.1) is 0 Å². The van der Waals surface area contributed by atoms with Crippen LogP contribution in [0.5, 0.6) is 0 Å². The first-order valence-corrected chi connectivity index (χ1v) is 7.50. The summed E-state index contributed by atoms with van der Waals surface area (Å²) in [4.78, 5) is 3.69. The van der Waals surface area contributed by atoms with E-state index in [4.69, 9.17) is 0 Å². The summed E-state index contributed by atoms with van der Waals surface area (Å²) in [6.07, 6.45) is 9.28. The van der Waals surface area contributed by atoms with Crippen molar-refractivity contribution in [3.05, 3.63) is 54.1 Å². The molecule has 0 radical (unpaired) electrons. The molecule has 0 saturated carbocycles. The highest BCUT2D eigenvalue weighted by molar-refractivity contribution is 5.62. The minimum atomic E-state index is -0.433. The summed E-state index contributed by atoms with van der Waals surface area (Å²) in [7, 11) is 0. The Labute approximate surface area is 120 Å². The van der Waals surface area contributed by atoms with E-state index in [0.29, 0.717) is 0 Å². The highest BCUT2D eigenvalue weighted by Crippen LogP contribution is 2.19. The lowest BCUT2D eigenvalue weighted by molar-refractivity contribution is 0.584. The third-order valence-electron chi connectivity index (χ3n) is 3.58. The Morgan fingerprint density at radius 1 is 0.850 bits per heavy atom. The fourth-order valence-electron chi connectivity index (χ4n) is 2.34. The van der Waals surface area contributed by atoms with E-state index in [9.17, 15) is 4.39 Å². The minimum Gasteiger partial charge on any atom is -0.228 e. The second-order valence-electron chi connectivity index (χ2n) is 5.23. The van der Waals surface area contributed by atoms with Crippen molar-refractivity contribution in [1.82, 2.24) is 4.98 Å². The second-order valence-corrected chi connectivity index (χ2v) is 5.23. The van der Waals surface area contributed by atoms with Crippen molar-refractivity contribution in [2.75, 3.05) is 0 Å². The van der Waals surface area contributed by atoms with Gasteiger partial charge in [0.15, 0.2) is 0 Å². The molecule has 0 saturated heterocycles. The molecule has 0 aliphatic heterocycles. The van der Waals surface area contributed by atoms with E-state index < -0.39 is 5.95 Å². The van der Waals surface area contributed by atoms with Gasteiger partial charge in [-0.25, -0.2) is 4.98 Å². The summed E-state index contributed by atoms with van der Waals surface area (Å²) >= 11 is 0. The molecule has 0 aliphatic carbocycles. The quantitative estimate of drug-likeness (QED) is 0.485. The first-order valence-electron chi connectivity index (χ1n) is 7.50. The average molecular weight is 271 g/mol. The molecular formula is C18H22FN. The zero-order valence-corrected chi connectivity index (χ0v) is 12.1. The molecule has 106 valence electrons. The standard InChI is InChI=1S/C18H22FN/c1-2-3-4-5-6-7-15-8-10-16(11-9-15)17-12-13-18(19)20-14-17/h8-14H,2-7H2,1H3. The van der Waals surface area contributed by atoms with Crippen molar-refractivity contribution in [2.45, 2.75) is 45.4 Å². The predicted octanol–water partition coefficient (Wildman–Crippen LogP) is 5.40. The van der Waals surface area contributed by atoms with Crippen molar-refractivity contribution >= 4 is 0 Å². The van der Waals surface area contributed by atoms with Gasteiger partial charge in [-0.15, -0.1) is 0 Å². The van der Waals surface area contributed by atoms with Crippen LogP contribution in [-0.2, 0) is 6.42 Å². The summed E-state index contributed by atoms with van der Waals surface area (Å²) in [5.41, 5.74) is 3.42. The number of unbranched alkanes of at least 4 members (excludes halogenated alkanes) is 4. The Kier molecular flexibility index (Phi) is 5.72. The van der Waals surface area contributed by atoms with Crippen LogP contribution in [0, 0.1) is 5.95 Å². The van der Waals surface area contributed by atoms with Gasteiger partial charge in [-0.1, -0.05) is 56.9 Å². The molecular weight excluding hydrogens is 249 g/mol.